The lowest BCUT2D eigenvalue weighted by atomic mass is 10.0. The van der Waals surface area contributed by atoms with E-state index >= 15 is 0 Å². The van der Waals surface area contributed by atoms with Crippen molar-refractivity contribution in [2.24, 2.45) is 0 Å². The summed E-state index contributed by atoms with van der Waals surface area (Å²) in [4.78, 5) is 4.18. The molecule has 134 valence electrons. The number of aromatic nitrogens is 1. The van der Waals surface area contributed by atoms with Gasteiger partial charge < -0.3 is 10.1 Å². The van der Waals surface area contributed by atoms with Crippen LogP contribution in [0.3, 0.4) is 0 Å². The predicted molar refractivity (Wildman–Crippen MR) is 110 cm³/mol. The van der Waals surface area contributed by atoms with E-state index in [1.807, 2.05) is 30.5 Å². The van der Waals surface area contributed by atoms with Gasteiger partial charge in [0.15, 0.2) is 0 Å². The second kappa shape index (κ2) is 8.47. The summed E-state index contributed by atoms with van der Waals surface area (Å²) in [5.41, 5.74) is 3.53. The summed E-state index contributed by atoms with van der Waals surface area (Å²) < 4.78 is 6.18. The van der Waals surface area contributed by atoms with Crippen molar-refractivity contribution in [2.45, 2.75) is 19.7 Å². The Bertz CT molecular complexity index is 1000. The van der Waals surface area contributed by atoms with E-state index in [9.17, 15) is 0 Å². The number of ether oxygens (including phenoxy) is 1. The molecule has 1 heterocycles. The molecular formula is C24H22N2O. The molecule has 27 heavy (non-hydrogen) atoms. The van der Waals surface area contributed by atoms with E-state index in [-0.39, 0.29) is 0 Å². The first-order valence-electron chi connectivity index (χ1n) is 9.17. The summed E-state index contributed by atoms with van der Waals surface area (Å²) in [5.74, 6) is 0.927. The third-order valence-electron chi connectivity index (χ3n) is 4.59. The molecule has 4 rings (SSSR count). The zero-order valence-electron chi connectivity index (χ0n) is 15.1. The van der Waals surface area contributed by atoms with Gasteiger partial charge in [0.1, 0.15) is 12.4 Å². The van der Waals surface area contributed by atoms with Gasteiger partial charge in [0, 0.05) is 31.0 Å². The molecule has 0 amide bonds. The van der Waals surface area contributed by atoms with E-state index in [4.69, 9.17) is 4.74 Å². The normalized spacial score (nSPS) is 10.8. The van der Waals surface area contributed by atoms with Crippen LogP contribution in [-0.2, 0) is 19.7 Å². The molecule has 1 aromatic heterocycles. The molecule has 0 aliphatic heterocycles. The highest BCUT2D eigenvalue weighted by molar-refractivity contribution is 5.87. The van der Waals surface area contributed by atoms with Gasteiger partial charge in [-0.1, -0.05) is 66.7 Å². The van der Waals surface area contributed by atoms with E-state index < -0.39 is 0 Å². The van der Waals surface area contributed by atoms with Crippen LogP contribution < -0.4 is 10.1 Å². The van der Waals surface area contributed by atoms with Crippen LogP contribution in [0.4, 0.5) is 0 Å². The topological polar surface area (TPSA) is 34.1 Å². The Morgan fingerprint density at radius 3 is 2.41 bits per heavy atom. The smallest absolute Gasteiger partial charge is 0.124 e. The lowest BCUT2D eigenvalue weighted by molar-refractivity contribution is 0.302. The molecule has 0 spiro atoms. The monoisotopic (exact) mass is 354 g/mol. The average molecular weight is 354 g/mol. The summed E-state index contributed by atoms with van der Waals surface area (Å²) in [6.45, 7) is 2.07. The minimum atomic E-state index is 0.564. The zero-order valence-corrected chi connectivity index (χ0v) is 15.1. The number of pyridine rings is 1. The summed E-state index contributed by atoms with van der Waals surface area (Å²) >= 11 is 0. The van der Waals surface area contributed by atoms with E-state index in [2.05, 4.69) is 64.9 Å². The minimum absolute atomic E-state index is 0.564. The number of rotatable bonds is 7. The summed E-state index contributed by atoms with van der Waals surface area (Å²) in [5, 5.41) is 5.98. The Morgan fingerprint density at radius 2 is 1.56 bits per heavy atom. The maximum atomic E-state index is 6.18. The molecule has 0 unspecified atom stereocenters. The van der Waals surface area contributed by atoms with Crippen LogP contribution >= 0.6 is 0 Å². The SMILES string of the molecule is c1ccc(COc2ccc3ccccc3c2CNCc2cccnc2)cc1. The Hall–Kier alpha value is -3.17. The zero-order chi connectivity index (χ0) is 18.3. The predicted octanol–water partition coefficient (Wildman–Crippen LogP) is 5.10. The summed E-state index contributed by atoms with van der Waals surface area (Å²) in [6, 6.07) is 27.0. The fourth-order valence-corrected chi connectivity index (χ4v) is 3.20. The van der Waals surface area contributed by atoms with E-state index in [0.29, 0.717) is 6.61 Å². The summed E-state index contributed by atoms with van der Waals surface area (Å²) in [7, 11) is 0. The van der Waals surface area contributed by atoms with Crippen LogP contribution in [0.25, 0.3) is 10.8 Å². The number of fused-ring (bicyclic) bond motifs is 1. The molecule has 3 aromatic carbocycles. The van der Waals surface area contributed by atoms with Gasteiger partial charge in [-0.2, -0.15) is 0 Å². The van der Waals surface area contributed by atoms with Gasteiger partial charge in [-0.3, -0.25) is 4.98 Å². The van der Waals surface area contributed by atoms with Crippen molar-refractivity contribution in [3.63, 3.8) is 0 Å². The third-order valence-corrected chi connectivity index (χ3v) is 4.59. The second-order valence-corrected chi connectivity index (χ2v) is 6.50. The van der Waals surface area contributed by atoms with Gasteiger partial charge in [-0.25, -0.2) is 0 Å². The Labute approximate surface area is 159 Å². The molecule has 0 radical (unpaired) electrons. The van der Waals surface area contributed by atoms with Gasteiger partial charge in [0.05, 0.1) is 0 Å². The molecule has 4 aromatic rings. The number of hydrogen-bond donors (Lipinski definition) is 1. The lowest BCUT2D eigenvalue weighted by Gasteiger charge is -2.15. The van der Waals surface area contributed by atoms with Crippen LogP contribution in [-0.4, -0.2) is 4.98 Å². The molecule has 0 bridgehead atoms. The standard InChI is InChI=1S/C24H22N2O/c1-2-7-19(8-3-1)18-27-24-13-12-21-10-4-5-11-22(21)23(24)17-26-16-20-9-6-14-25-15-20/h1-15,26H,16-18H2. The van der Waals surface area contributed by atoms with Gasteiger partial charge in [-0.05, 0) is 34.0 Å². The number of hydrogen-bond acceptors (Lipinski definition) is 3. The van der Waals surface area contributed by atoms with Crippen molar-refractivity contribution < 1.29 is 4.74 Å². The van der Waals surface area contributed by atoms with Crippen molar-refractivity contribution in [1.29, 1.82) is 0 Å². The molecule has 0 fully saturated rings. The van der Waals surface area contributed by atoms with Gasteiger partial charge >= 0.3 is 0 Å². The number of nitrogens with one attached hydrogen (secondary N) is 1. The first kappa shape index (κ1) is 17.3. The van der Waals surface area contributed by atoms with Crippen molar-refractivity contribution in [3.05, 3.63) is 108 Å². The maximum absolute atomic E-state index is 6.18. The molecule has 0 aliphatic rings. The fourth-order valence-electron chi connectivity index (χ4n) is 3.20. The Kier molecular flexibility index (Phi) is 5.42. The van der Waals surface area contributed by atoms with E-state index in [1.165, 1.54) is 27.5 Å². The minimum Gasteiger partial charge on any atom is -0.489 e. The highest BCUT2D eigenvalue weighted by atomic mass is 16.5. The molecule has 0 saturated carbocycles. The molecule has 3 heteroatoms. The number of benzene rings is 3. The van der Waals surface area contributed by atoms with Crippen LogP contribution in [0.15, 0.2) is 91.3 Å². The number of nitrogens with zero attached hydrogens (tertiary/aromatic N) is 1. The molecule has 0 atom stereocenters. The van der Waals surface area contributed by atoms with Crippen molar-refractivity contribution in [2.75, 3.05) is 0 Å². The Morgan fingerprint density at radius 1 is 0.741 bits per heavy atom. The van der Waals surface area contributed by atoms with Crippen LogP contribution in [0, 0.1) is 0 Å². The first-order chi connectivity index (χ1) is 13.4. The largest absolute Gasteiger partial charge is 0.489 e. The van der Waals surface area contributed by atoms with Gasteiger partial charge in [0.25, 0.3) is 0 Å². The first-order valence-corrected chi connectivity index (χ1v) is 9.17. The fraction of sp³-hybridized carbons (Fsp3) is 0.125. The molecule has 3 nitrogen and oxygen atoms in total. The van der Waals surface area contributed by atoms with Gasteiger partial charge in [0.2, 0.25) is 0 Å². The molecule has 1 N–H and O–H groups in total. The summed E-state index contributed by atoms with van der Waals surface area (Å²) in [6.07, 6.45) is 3.69. The van der Waals surface area contributed by atoms with Crippen LogP contribution in [0.5, 0.6) is 5.75 Å². The average Bonchev–Trinajstić information content (AvgIpc) is 2.74. The highest BCUT2D eigenvalue weighted by Crippen LogP contribution is 2.29. The van der Waals surface area contributed by atoms with Crippen molar-refractivity contribution in [1.82, 2.24) is 10.3 Å². The second-order valence-electron chi connectivity index (χ2n) is 6.50. The highest BCUT2D eigenvalue weighted by Gasteiger charge is 2.09. The van der Waals surface area contributed by atoms with Gasteiger partial charge in [-0.15, -0.1) is 0 Å². The van der Waals surface area contributed by atoms with Crippen molar-refractivity contribution >= 4 is 10.8 Å². The molecular weight excluding hydrogens is 332 g/mol. The lowest BCUT2D eigenvalue weighted by Crippen LogP contribution is -2.14. The maximum Gasteiger partial charge on any atom is 0.124 e. The molecule has 0 aliphatic carbocycles. The van der Waals surface area contributed by atoms with Crippen molar-refractivity contribution in [3.8, 4) is 5.75 Å². The van der Waals surface area contributed by atoms with Crippen LogP contribution in [0.1, 0.15) is 16.7 Å². The Balaban J connectivity index is 1.55. The van der Waals surface area contributed by atoms with Crippen LogP contribution in [0.2, 0.25) is 0 Å². The quantitative estimate of drug-likeness (QED) is 0.501. The molecule has 0 saturated heterocycles. The third kappa shape index (κ3) is 4.33. The van der Waals surface area contributed by atoms with E-state index in [1.54, 1.807) is 6.20 Å². The van der Waals surface area contributed by atoms with E-state index in [0.717, 1.165) is 18.8 Å².